The molecule has 11 heteroatoms. The van der Waals surface area contributed by atoms with Gasteiger partial charge >= 0.3 is 0 Å². The summed E-state index contributed by atoms with van der Waals surface area (Å²) >= 11 is 13.8. The maximum absolute atomic E-state index is 12.9. The Labute approximate surface area is 265 Å². The van der Waals surface area contributed by atoms with Gasteiger partial charge in [-0.1, -0.05) is 80.0 Å². The first kappa shape index (κ1) is 31.3. The van der Waals surface area contributed by atoms with Gasteiger partial charge in [-0.2, -0.15) is 5.10 Å². The number of benzene rings is 2. The predicted octanol–water partition coefficient (Wildman–Crippen LogP) is 6.61. The molecule has 0 spiro atoms. The predicted molar refractivity (Wildman–Crippen MR) is 173 cm³/mol. The van der Waals surface area contributed by atoms with E-state index in [1.54, 1.807) is 25.3 Å². The van der Waals surface area contributed by atoms with Gasteiger partial charge in [-0.05, 0) is 23.6 Å². The summed E-state index contributed by atoms with van der Waals surface area (Å²) < 4.78 is 6.77. The number of nitrogens with one attached hydrogen (secondary N) is 1. The highest BCUT2D eigenvalue weighted by Crippen LogP contribution is 2.42. The quantitative estimate of drug-likeness (QED) is 0.210. The second-order valence-electron chi connectivity index (χ2n) is 11.5. The summed E-state index contributed by atoms with van der Waals surface area (Å²) in [5.74, 6) is 0.0829. The van der Waals surface area contributed by atoms with Crippen molar-refractivity contribution in [3.05, 3.63) is 105 Å². The summed E-state index contributed by atoms with van der Waals surface area (Å²) in [7, 11) is 3.06. The monoisotopic (exact) mass is 633 g/mol. The fourth-order valence-corrected chi connectivity index (χ4v) is 6.33. The number of methoxy groups -OCH3 is 1. The minimum atomic E-state index is -0.599. The number of aliphatic hydroxyl groups excluding tert-OH is 1. The lowest BCUT2D eigenvalue weighted by Gasteiger charge is -2.24. The van der Waals surface area contributed by atoms with E-state index in [1.165, 1.54) is 19.3 Å². The zero-order chi connectivity index (χ0) is 31.8. The molecule has 4 aromatic rings. The van der Waals surface area contributed by atoms with Crippen molar-refractivity contribution in [3.63, 3.8) is 0 Å². The summed E-state index contributed by atoms with van der Waals surface area (Å²) in [5.41, 5.74) is 3.11. The molecule has 0 bridgehead atoms. The van der Waals surface area contributed by atoms with Crippen LogP contribution in [0, 0.1) is 11.3 Å². The largest absolute Gasteiger partial charge is 0.513 e. The molecule has 2 aromatic carbocycles. The first-order chi connectivity index (χ1) is 20.9. The second-order valence-corrected chi connectivity index (χ2v) is 12.3. The molecular formula is C33H33Cl2N5O4. The number of likely N-dealkylation sites (tertiary alicyclic amines) is 1. The van der Waals surface area contributed by atoms with Crippen molar-refractivity contribution in [3.8, 4) is 28.3 Å². The van der Waals surface area contributed by atoms with Crippen molar-refractivity contribution in [1.29, 1.82) is 0 Å². The third-order valence-corrected chi connectivity index (χ3v) is 8.82. The van der Waals surface area contributed by atoms with Crippen LogP contribution in [0.5, 0.6) is 5.88 Å². The Bertz CT molecular complexity index is 1820. The van der Waals surface area contributed by atoms with E-state index >= 15 is 0 Å². The van der Waals surface area contributed by atoms with E-state index in [1.807, 2.05) is 30.3 Å². The Morgan fingerprint density at radius 3 is 2.45 bits per heavy atom. The highest BCUT2D eigenvalue weighted by molar-refractivity contribution is 6.39. The first-order valence-electron chi connectivity index (χ1n) is 14.0. The number of ether oxygens (including phenoxy) is 1. The van der Waals surface area contributed by atoms with Gasteiger partial charge in [-0.15, -0.1) is 0 Å². The molecule has 1 aliphatic rings. The van der Waals surface area contributed by atoms with Gasteiger partial charge < -0.3 is 15.2 Å². The number of halogens is 2. The Kier molecular flexibility index (Phi) is 8.83. The van der Waals surface area contributed by atoms with E-state index in [4.69, 9.17) is 32.9 Å². The SMILES string of the molecule is C=C(O)[C@H]1CN(Cc2ccc(-c3cccc(-c4cccc(NC(=O)c5ccnn(C)c5=O)c4Cl)c3Cl)nc2OC)CC1(C)C. The van der Waals surface area contributed by atoms with Gasteiger partial charge in [0.1, 0.15) is 5.56 Å². The van der Waals surface area contributed by atoms with Gasteiger partial charge in [0.25, 0.3) is 11.5 Å². The van der Waals surface area contributed by atoms with Crippen molar-refractivity contribution < 1.29 is 14.6 Å². The van der Waals surface area contributed by atoms with Gasteiger partial charge in [0.05, 0.1) is 34.3 Å². The van der Waals surface area contributed by atoms with Crippen molar-refractivity contribution in [2.75, 3.05) is 25.5 Å². The minimum Gasteiger partial charge on any atom is -0.513 e. The summed E-state index contributed by atoms with van der Waals surface area (Å²) in [6.07, 6.45) is 1.38. The molecule has 1 fully saturated rings. The molecular weight excluding hydrogens is 601 g/mol. The summed E-state index contributed by atoms with van der Waals surface area (Å²) in [4.78, 5) is 32.3. The zero-order valence-electron chi connectivity index (χ0n) is 24.9. The van der Waals surface area contributed by atoms with Crippen LogP contribution >= 0.6 is 23.2 Å². The lowest BCUT2D eigenvalue weighted by molar-refractivity contribution is 0.102. The van der Waals surface area contributed by atoms with E-state index in [-0.39, 0.29) is 27.7 Å². The Hall–Kier alpha value is -4.18. The minimum absolute atomic E-state index is 0.0103. The van der Waals surface area contributed by atoms with Crippen LogP contribution in [0.2, 0.25) is 10.0 Å². The molecule has 0 radical (unpaired) electrons. The number of nitrogens with zero attached hydrogens (tertiary/aromatic N) is 4. The number of carbonyl (C=O) groups excluding carboxylic acids is 1. The van der Waals surface area contributed by atoms with E-state index in [0.29, 0.717) is 52.1 Å². The zero-order valence-corrected chi connectivity index (χ0v) is 26.4. The van der Waals surface area contributed by atoms with Crippen molar-refractivity contribution in [1.82, 2.24) is 19.7 Å². The number of aryl methyl sites for hydroxylation is 1. The van der Waals surface area contributed by atoms with E-state index in [9.17, 15) is 14.7 Å². The van der Waals surface area contributed by atoms with Crippen LogP contribution in [0.25, 0.3) is 22.4 Å². The molecule has 5 rings (SSSR count). The van der Waals surface area contributed by atoms with Gasteiger partial charge in [-0.25, -0.2) is 9.67 Å². The van der Waals surface area contributed by atoms with Crippen molar-refractivity contribution in [2.45, 2.75) is 20.4 Å². The summed E-state index contributed by atoms with van der Waals surface area (Å²) in [6.45, 7) is 10.1. The van der Waals surface area contributed by atoms with Crippen LogP contribution in [0.15, 0.2) is 77.9 Å². The van der Waals surface area contributed by atoms with E-state index < -0.39 is 11.5 Å². The Morgan fingerprint density at radius 1 is 1.09 bits per heavy atom. The molecule has 2 aromatic heterocycles. The second kappa shape index (κ2) is 12.4. The molecule has 1 atom stereocenters. The number of aliphatic hydroxyl groups is 1. The van der Waals surface area contributed by atoms with Crippen molar-refractivity contribution >= 4 is 34.8 Å². The average Bonchev–Trinajstić information content (AvgIpc) is 3.29. The normalized spacial score (nSPS) is 16.1. The molecule has 1 aliphatic heterocycles. The number of hydrogen-bond donors (Lipinski definition) is 2. The molecule has 0 saturated carbocycles. The number of hydrogen-bond acceptors (Lipinski definition) is 7. The topological polar surface area (TPSA) is 110 Å². The average molecular weight is 635 g/mol. The number of carbonyl (C=O) groups is 1. The lowest BCUT2D eigenvalue weighted by atomic mass is 9.81. The fraction of sp³-hybridized carbons (Fsp3) is 0.273. The maximum Gasteiger partial charge on any atom is 0.279 e. The first-order valence-corrected chi connectivity index (χ1v) is 14.7. The van der Waals surface area contributed by atoms with Gasteiger partial charge in [0.15, 0.2) is 0 Å². The molecule has 3 heterocycles. The van der Waals surface area contributed by atoms with Crippen LogP contribution in [0.4, 0.5) is 5.69 Å². The number of anilines is 1. The van der Waals surface area contributed by atoms with Gasteiger partial charge in [0, 0.05) is 61.1 Å². The van der Waals surface area contributed by atoms with Crippen LogP contribution < -0.4 is 15.6 Å². The van der Waals surface area contributed by atoms with Crippen molar-refractivity contribution in [2.24, 2.45) is 18.4 Å². The van der Waals surface area contributed by atoms with Crippen LogP contribution in [0.3, 0.4) is 0 Å². The standard InChI is InChI=1S/C33H33Cl2N5O4/c1-19(41)25-17-40(18-33(25,2)3)16-20-12-13-26(38-31(20)44-5)23-10-6-8-21(28(23)34)22-9-7-11-27(29(22)35)37-30(42)24-14-15-36-39(4)32(24)43/h6-15,25,41H,1,16-18H2,2-5H3,(H,37,42)/t25-/m1/s1. The molecule has 0 aliphatic carbocycles. The number of aromatic nitrogens is 3. The highest BCUT2D eigenvalue weighted by atomic mass is 35.5. The number of amides is 1. The maximum atomic E-state index is 12.9. The van der Waals surface area contributed by atoms with Gasteiger partial charge in [0.2, 0.25) is 5.88 Å². The Balaban J connectivity index is 1.43. The molecule has 1 amide bonds. The van der Waals surface area contributed by atoms with Crippen LogP contribution in [-0.2, 0) is 13.6 Å². The fourth-order valence-electron chi connectivity index (χ4n) is 5.73. The van der Waals surface area contributed by atoms with Gasteiger partial charge in [-0.3, -0.25) is 14.5 Å². The third kappa shape index (κ3) is 6.08. The van der Waals surface area contributed by atoms with Crippen LogP contribution in [-0.4, -0.2) is 50.9 Å². The number of pyridine rings is 1. The third-order valence-electron chi connectivity index (χ3n) is 8.01. The lowest BCUT2D eigenvalue weighted by Crippen LogP contribution is -2.28. The molecule has 228 valence electrons. The van der Waals surface area contributed by atoms with Crippen LogP contribution in [0.1, 0.15) is 29.8 Å². The summed E-state index contributed by atoms with van der Waals surface area (Å²) in [6, 6.07) is 16.0. The highest BCUT2D eigenvalue weighted by Gasteiger charge is 2.41. The molecule has 0 unspecified atom stereocenters. The van der Waals surface area contributed by atoms with E-state index in [0.717, 1.165) is 16.8 Å². The molecule has 44 heavy (non-hydrogen) atoms. The molecule has 9 nitrogen and oxygen atoms in total. The smallest absolute Gasteiger partial charge is 0.279 e. The Morgan fingerprint density at radius 2 is 1.77 bits per heavy atom. The molecule has 2 N–H and O–H groups in total. The van der Waals surface area contributed by atoms with E-state index in [2.05, 4.69) is 35.7 Å². The number of rotatable bonds is 8. The summed E-state index contributed by atoms with van der Waals surface area (Å²) in [5, 5.41) is 17.4. The molecule has 1 saturated heterocycles.